The third-order valence-electron chi connectivity index (χ3n) is 3.83. The maximum absolute atomic E-state index is 12.6. The van der Waals surface area contributed by atoms with Crippen LogP contribution < -0.4 is 9.46 Å². The first-order valence-corrected chi connectivity index (χ1v) is 9.10. The largest absolute Gasteiger partial charge is 0.588 e. The number of amides is 1. The summed E-state index contributed by atoms with van der Waals surface area (Å²) in [6.07, 6.45) is 0. The van der Waals surface area contributed by atoms with Crippen molar-refractivity contribution in [1.82, 2.24) is 4.72 Å². The molecule has 1 aromatic heterocycles. The van der Waals surface area contributed by atoms with Gasteiger partial charge in [-0.15, -0.1) is 0 Å². The van der Waals surface area contributed by atoms with E-state index in [1.807, 2.05) is 39.0 Å². The molecule has 0 saturated carbocycles. The van der Waals surface area contributed by atoms with Crippen molar-refractivity contribution in [2.75, 3.05) is 6.61 Å². The molecule has 2 aromatic carbocycles. The van der Waals surface area contributed by atoms with Gasteiger partial charge in [-0.1, -0.05) is 24.3 Å². The van der Waals surface area contributed by atoms with Crippen LogP contribution in [-0.4, -0.2) is 17.1 Å². The van der Waals surface area contributed by atoms with E-state index in [1.54, 1.807) is 24.3 Å². The second-order valence-electron chi connectivity index (χ2n) is 5.64. The van der Waals surface area contributed by atoms with Gasteiger partial charge in [0.05, 0.1) is 6.61 Å². The lowest BCUT2D eigenvalue weighted by atomic mass is 10.1. The van der Waals surface area contributed by atoms with Crippen LogP contribution in [0, 0.1) is 13.8 Å². The zero-order valence-corrected chi connectivity index (χ0v) is 15.1. The Morgan fingerprint density at radius 1 is 1.24 bits per heavy atom. The zero-order chi connectivity index (χ0) is 18.0. The highest BCUT2D eigenvalue weighted by Gasteiger charge is 2.25. The van der Waals surface area contributed by atoms with Crippen LogP contribution in [0.2, 0.25) is 0 Å². The minimum absolute atomic E-state index is 0.169. The van der Waals surface area contributed by atoms with Crippen molar-refractivity contribution in [2.24, 2.45) is 0 Å². The second-order valence-corrected chi connectivity index (χ2v) is 6.82. The summed E-state index contributed by atoms with van der Waals surface area (Å²) in [5, 5.41) is 0.872. The van der Waals surface area contributed by atoms with Crippen LogP contribution in [0.4, 0.5) is 0 Å². The minimum atomic E-state index is -1.75. The number of benzene rings is 2. The fourth-order valence-corrected chi connectivity index (χ4v) is 3.50. The summed E-state index contributed by atoms with van der Waals surface area (Å²) in [6.45, 7) is 6.06. The van der Waals surface area contributed by atoms with Crippen molar-refractivity contribution in [2.45, 2.75) is 25.7 Å². The molecule has 0 saturated heterocycles. The highest BCUT2D eigenvalue weighted by Crippen LogP contribution is 2.27. The van der Waals surface area contributed by atoms with Crippen molar-refractivity contribution in [3.05, 3.63) is 59.4 Å². The normalized spacial score (nSPS) is 12.2. The molecule has 0 fully saturated rings. The summed E-state index contributed by atoms with van der Waals surface area (Å²) in [6, 6.07) is 12.7. The zero-order valence-electron chi connectivity index (χ0n) is 14.3. The molecule has 3 aromatic rings. The lowest BCUT2D eigenvalue weighted by Crippen LogP contribution is -2.31. The number of para-hydroxylation sites is 1. The predicted octanol–water partition coefficient (Wildman–Crippen LogP) is 3.90. The van der Waals surface area contributed by atoms with Crippen LogP contribution in [0.1, 0.15) is 28.6 Å². The molecule has 0 aliphatic carbocycles. The Bertz CT molecular complexity index is 919. The molecule has 1 amide bonds. The van der Waals surface area contributed by atoms with E-state index in [0.717, 1.165) is 16.5 Å². The van der Waals surface area contributed by atoms with Crippen molar-refractivity contribution in [1.29, 1.82) is 0 Å². The maximum Gasteiger partial charge on any atom is 0.328 e. The average molecular weight is 357 g/mol. The number of ether oxygens (including phenoxy) is 1. The first kappa shape index (κ1) is 17.4. The lowest BCUT2D eigenvalue weighted by Gasteiger charge is -2.13. The minimum Gasteiger partial charge on any atom is -0.588 e. The monoisotopic (exact) mass is 357 g/mol. The molecule has 1 atom stereocenters. The van der Waals surface area contributed by atoms with E-state index in [-0.39, 0.29) is 5.76 Å². The van der Waals surface area contributed by atoms with Gasteiger partial charge < -0.3 is 13.7 Å². The number of nitrogens with one attached hydrogen (secondary N) is 1. The van der Waals surface area contributed by atoms with E-state index in [4.69, 9.17) is 9.15 Å². The van der Waals surface area contributed by atoms with Gasteiger partial charge in [-0.05, 0) is 44.5 Å². The Hall–Kier alpha value is -2.44. The topological polar surface area (TPSA) is 74.5 Å². The second kappa shape index (κ2) is 7.21. The molecule has 3 rings (SSSR count). The number of hydrogen-bond acceptors (Lipinski definition) is 4. The molecule has 0 bridgehead atoms. The van der Waals surface area contributed by atoms with Gasteiger partial charge in [0, 0.05) is 10.9 Å². The number of furan rings is 1. The Kier molecular flexibility index (Phi) is 5.01. The highest BCUT2D eigenvalue weighted by molar-refractivity contribution is 7.90. The van der Waals surface area contributed by atoms with Gasteiger partial charge in [-0.3, -0.25) is 4.79 Å². The molecule has 6 heteroatoms. The van der Waals surface area contributed by atoms with Crippen LogP contribution in [0.25, 0.3) is 11.0 Å². The molecule has 0 aliphatic rings. The summed E-state index contributed by atoms with van der Waals surface area (Å²) >= 11 is -1.75. The van der Waals surface area contributed by atoms with Gasteiger partial charge in [-0.2, -0.15) is 4.72 Å². The van der Waals surface area contributed by atoms with Gasteiger partial charge >= 0.3 is 5.91 Å². The van der Waals surface area contributed by atoms with Gasteiger partial charge in [0.1, 0.15) is 16.9 Å². The third-order valence-corrected chi connectivity index (χ3v) is 4.94. The molecule has 25 heavy (non-hydrogen) atoms. The fourth-order valence-electron chi connectivity index (χ4n) is 2.61. The van der Waals surface area contributed by atoms with Crippen molar-refractivity contribution < 1.29 is 18.5 Å². The summed E-state index contributed by atoms with van der Waals surface area (Å²) in [5.74, 6) is 0.138. The van der Waals surface area contributed by atoms with Crippen molar-refractivity contribution in [3.8, 4) is 5.75 Å². The summed E-state index contributed by atoms with van der Waals surface area (Å²) in [7, 11) is 0. The Morgan fingerprint density at radius 3 is 2.76 bits per heavy atom. The van der Waals surface area contributed by atoms with E-state index < -0.39 is 17.3 Å². The molecule has 1 N–H and O–H groups in total. The summed E-state index contributed by atoms with van der Waals surface area (Å²) < 4.78 is 26.2. The van der Waals surface area contributed by atoms with Gasteiger partial charge in [0.25, 0.3) is 0 Å². The quantitative estimate of drug-likeness (QED) is 0.703. The first-order valence-electron chi connectivity index (χ1n) is 7.95. The maximum atomic E-state index is 12.6. The van der Waals surface area contributed by atoms with E-state index in [2.05, 4.69) is 4.72 Å². The van der Waals surface area contributed by atoms with Crippen LogP contribution in [0.15, 0.2) is 51.8 Å². The van der Waals surface area contributed by atoms with Crippen LogP contribution in [0.3, 0.4) is 0 Å². The van der Waals surface area contributed by atoms with E-state index in [0.29, 0.717) is 22.8 Å². The van der Waals surface area contributed by atoms with Crippen LogP contribution in [0.5, 0.6) is 5.75 Å². The number of carbonyl (C=O) groups excluding carboxylic acids is 1. The molecular formula is C19H19NO4S. The molecule has 5 nitrogen and oxygen atoms in total. The third kappa shape index (κ3) is 3.50. The molecule has 1 heterocycles. The van der Waals surface area contributed by atoms with Crippen LogP contribution >= 0.6 is 0 Å². The number of carbonyl (C=O) groups is 1. The molecule has 0 spiro atoms. The van der Waals surface area contributed by atoms with Gasteiger partial charge in [0.15, 0.2) is 11.5 Å². The first-order chi connectivity index (χ1) is 12.0. The molecular weight excluding hydrogens is 338 g/mol. The van der Waals surface area contributed by atoms with Crippen molar-refractivity contribution in [3.63, 3.8) is 0 Å². The molecule has 1 unspecified atom stereocenters. The lowest BCUT2D eigenvalue weighted by molar-refractivity contribution is 0.0955. The van der Waals surface area contributed by atoms with Crippen LogP contribution in [-0.2, 0) is 11.4 Å². The molecule has 0 radical (unpaired) electrons. The van der Waals surface area contributed by atoms with Crippen molar-refractivity contribution >= 4 is 28.2 Å². The highest BCUT2D eigenvalue weighted by atomic mass is 32.2. The van der Waals surface area contributed by atoms with E-state index >= 15 is 0 Å². The summed E-state index contributed by atoms with van der Waals surface area (Å²) in [5.41, 5.74) is 2.41. The number of fused-ring (bicyclic) bond motifs is 1. The predicted molar refractivity (Wildman–Crippen MR) is 97.2 cm³/mol. The smallest absolute Gasteiger partial charge is 0.328 e. The average Bonchev–Trinajstić information content (AvgIpc) is 2.91. The Labute approximate surface area is 149 Å². The number of aryl methyl sites for hydroxylation is 2. The number of rotatable bonds is 5. The molecule has 130 valence electrons. The molecule has 0 aliphatic heterocycles. The summed E-state index contributed by atoms with van der Waals surface area (Å²) in [4.78, 5) is 13.0. The number of hydrogen-bond donors (Lipinski definition) is 1. The Balaban J connectivity index is 1.86. The van der Waals surface area contributed by atoms with Gasteiger partial charge in [-0.25, -0.2) is 0 Å². The Morgan fingerprint density at radius 2 is 2.00 bits per heavy atom. The van der Waals surface area contributed by atoms with E-state index in [1.165, 1.54) is 0 Å². The van der Waals surface area contributed by atoms with Gasteiger partial charge in [0.2, 0.25) is 4.90 Å². The SMILES string of the molecule is CCOc1ccccc1[S+]([O-])NC(=O)c1oc2cc(C)ccc2c1C. The fraction of sp³-hybridized carbons (Fsp3) is 0.211. The standard InChI is InChI=1S/C19H19NO4S/c1-4-23-15-7-5-6-8-17(15)25(22)20-19(21)18-13(3)14-10-9-12(2)11-16(14)24-18/h5-11H,4H2,1-3H3,(H,20,21). The van der Waals surface area contributed by atoms with E-state index in [9.17, 15) is 9.35 Å².